The zero-order valence-corrected chi connectivity index (χ0v) is 14.9. The highest BCUT2D eigenvalue weighted by Crippen LogP contribution is 2.30. The van der Waals surface area contributed by atoms with Gasteiger partial charge in [0.2, 0.25) is 0 Å². The van der Waals surface area contributed by atoms with E-state index in [0.29, 0.717) is 17.0 Å². The maximum absolute atomic E-state index is 13.4. The molecule has 0 N–H and O–H groups in total. The van der Waals surface area contributed by atoms with Crippen LogP contribution in [0.1, 0.15) is 28.9 Å². The van der Waals surface area contributed by atoms with Crippen molar-refractivity contribution < 1.29 is 4.79 Å². The van der Waals surface area contributed by atoms with Gasteiger partial charge in [0.25, 0.3) is 5.91 Å². The molecule has 0 radical (unpaired) electrons. The van der Waals surface area contributed by atoms with Gasteiger partial charge in [-0.25, -0.2) is 0 Å². The van der Waals surface area contributed by atoms with E-state index in [1.165, 1.54) is 6.42 Å². The number of hydrogen-bond donors (Lipinski definition) is 0. The Labute approximate surface area is 147 Å². The van der Waals surface area contributed by atoms with Gasteiger partial charge >= 0.3 is 0 Å². The van der Waals surface area contributed by atoms with E-state index < -0.39 is 0 Å². The van der Waals surface area contributed by atoms with E-state index in [1.807, 2.05) is 31.2 Å². The number of carbonyl (C=O) groups is 1. The molecule has 3 saturated heterocycles. The molecule has 0 spiro atoms. The molecule has 4 nitrogen and oxygen atoms in total. The zero-order valence-electron chi connectivity index (χ0n) is 14.1. The van der Waals surface area contributed by atoms with Crippen LogP contribution in [-0.2, 0) is 0 Å². The fourth-order valence-electron chi connectivity index (χ4n) is 4.23. The number of benzene rings is 1. The summed E-state index contributed by atoms with van der Waals surface area (Å²) in [7, 11) is 2.16. The Kier molecular flexibility index (Phi) is 3.97. The summed E-state index contributed by atoms with van der Waals surface area (Å²) >= 11 is 6.17. The standard InChI is InChI=1S/C19H22ClN3O/c1-12-7-17(16-8-14(20)4-6-18(16)21-12)19(24)23-10-13-3-5-15(23)11-22(2)9-13/h4,6-8,13,15H,3,5,9-11H2,1-2H3/t13-,15+/m0/s1. The van der Waals surface area contributed by atoms with Gasteiger partial charge in [0.1, 0.15) is 0 Å². The number of likely N-dealkylation sites (N-methyl/N-ethyl adjacent to an activating group) is 1. The second-order valence-corrected chi connectivity index (χ2v) is 7.69. The van der Waals surface area contributed by atoms with Crippen LogP contribution >= 0.6 is 11.6 Å². The molecule has 3 aliphatic heterocycles. The Hall–Kier alpha value is -1.65. The Bertz CT molecular complexity index is 807. The smallest absolute Gasteiger partial charge is 0.254 e. The summed E-state index contributed by atoms with van der Waals surface area (Å²) in [5.74, 6) is 0.702. The molecule has 5 rings (SSSR count). The third-order valence-electron chi connectivity index (χ3n) is 5.29. The maximum Gasteiger partial charge on any atom is 0.254 e. The van der Waals surface area contributed by atoms with Crippen molar-refractivity contribution in [2.75, 3.05) is 26.7 Å². The fourth-order valence-corrected chi connectivity index (χ4v) is 4.40. The molecule has 3 fully saturated rings. The molecular formula is C19H22ClN3O. The summed E-state index contributed by atoms with van der Waals surface area (Å²) in [4.78, 5) is 22.4. The van der Waals surface area contributed by atoms with Gasteiger partial charge in [-0.1, -0.05) is 11.6 Å². The predicted octanol–water partition coefficient (Wildman–Crippen LogP) is 3.36. The van der Waals surface area contributed by atoms with Crippen molar-refractivity contribution in [1.29, 1.82) is 0 Å². The minimum atomic E-state index is 0.123. The Morgan fingerprint density at radius 3 is 2.88 bits per heavy atom. The first-order valence-corrected chi connectivity index (χ1v) is 8.95. The van der Waals surface area contributed by atoms with Crippen molar-refractivity contribution in [2.45, 2.75) is 25.8 Å². The van der Waals surface area contributed by atoms with Crippen molar-refractivity contribution in [3.8, 4) is 0 Å². The molecule has 1 aromatic carbocycles. The van der Waals surface area contributed by atoms with Crippen LogP contribution in [0.4, 0.5) is 0 Å². The number of carbonyl (C=O) groups excluding carboxylic acids is 1. The summed E-state index contributed by atoms with van der Waals surface area (Å²) in [6.07, 6.45) is 2.32. The van der Waals surface area contributed by atoms with Crippen LogP contribution in [0, 0.1) is 12.8 Å². The van der Waals surface area contributed by atoms with Gasteiger partial charge in [-0.2, -0.15) is 0 Å². The number of amides is 1. The third-order valence-corrected chi connectivity index (χ3v) is 5.52. The van der Waals surface area contributed by atoms with Gasteiger partial charge in [0.05, 0.1) is 11.1 Å². The number of halogens is 1. The number of pyridine rings is 1. The first-order valence-electron chi connectivity index (χ1n) is 8.57. The highest BCUT2D eigenvalue weighted by molar-refractivity contribution is 6.31. The Balaban J connectivity index is 1.77. The largest absolute Gasteiger partial charge is 0.334 e. The molecule has 2 atom stereocenters. The van der Waals surface area contributed by atoms with Crippen molar-refractivity contribution in [2.24, 2.45) is 5.92 Å². The monoisotopic (exact) mass is 343 g/mol. The molecule has 0 unspecified atom stereocenters. The number of aryl methyl sites for hydroxylation is 1. The molecule has 2 bridgehead atoms. The van der Waals surface area contributed by atoms with Crippen LogP contribution in [0.2, 0.25) is 5.02 Å². The second-order valence-electron chi connectivity index (χ2n) is 7.25. The Morgan fingerprint density at radius 2 is 2.04 bits per heavy atom. The van der Waals surface area contributed by atoms with E-state index in [0.717, 1.165) is 48.2 Å². The van der Waals surface area contributed by atoms with E-state index in [-0.39, 0.29) is 5.91 Å². The van der Waals surface area contributed by atoms with Gasteiger partial charge in [-0.05, 0) is 57.0 Å². The normalized spacial score (nSPS) is 24.4. The summed E-state index contributed by atoms with van der Waals surface area (Å²) in [5.41, 5.74) is 2.43. The van der Waals surface area contributed by atoms with E-state index in [2.05, 4.69) is 21.8 Å². The molecule has 126 valence electrons. The van der Waals surface area contributed by atoms with Crippen LogP contribution in [-0.4, -0.2) is 53.4 Å². The lowest BCUT2D eigenvalue weighted by atomic mass is 9.94. The lowest BCUT2D eigenvalue weighted by molar-refractivity contribution is 0.0589. The maximum atomic E-state index is 13.4. The molecule has 0 saturated carbocycles. The first-order chi connectivity index (χ1) is 11.5. The average Bonchev–Trinajstić information content (AvgIpc) is 2.82. The number of aromatic nitrogens is 1. The highest BCUT2D eigenvalue weighted by Gasteiger charge is 2.36. The minimum Gasteiger partial charge on any atom is -0.334 e. The first kappa shape index (κ1) is 15.9. The molecule has 0 aliphatic carbocycles. The van der Waals surface area contributed by atoms with Crippen LogP contribution in [0.15, 0.2) is 24.3 Å². The summed E-state index contributed by atoms with van der Waals surface area (Å²) in [6.45, 7) is 4.84. The SMILES string of the molecule is Cc1cc(C(=O)N2C[C@H]3CC[C@@H]2CN(C)C3)c2cc(Cl)ccc2n1. The molecule has 1 aromatic heterocycles. The van der Waals surface area contributed by atoms with Crippen molar-refractivity contribution >= 4 is 28.4 Å². The molecule has 2 aromatic rings. The molecular weight excluding hydrogens is 322 g/mol. The number of hydrogen-bond acceptors (Lipinski definition) is 3. The third kappa shape index (κ3) is 2.78. The number of piperidine rings is 1. The molecule has 1 amide bonds. The summed E-state index contributed by atoms with van der Waals surface area (Å²) in [6, 6.07) is 7.79. The van der Waals surface area contributed by atoms with Crippen molar-refractivity contribution in [3.63, 3.8) is 0 Å². The van der Waals surface area contributed by atoms with Gasteiger partial charge in [0, 0.05) is 41.8 Å². The number of nitrogens with zero attached hydrogens (tertiary/aromatic N) is 3. The lowest BCUT2D eigenvalue weighted by Gasteiger charge is -2.36. The van der Waals surface area contributed by atoms with Gasteiger partial charge < -0.3 is 9.80 Å². The van der Waals surface area contributed by atoms with Crippen LogP contribution in [0.25, 0.3) is 10.9 Å². The molecule has 24 heavy (non-hydrogen) atoms. The summed E-state index contributed by atoms with van der Waals surface area (Å²) in [5, 5.41) is 1.49. The minimum absolute atomic E-state index is 0.123. The van der Waals surface area contributed by atoms with Gasteiger partial charge in [-0.3, -0.25) is 9.78 Å². The number of fused-ring (bicyclic) bond motifs is 5. The highest BCUT2D eigenvalue weighted by atomic mass is 35.5. The van der Waals surface area contributed by atoms with Gasteiger partial charge in [-0.15, -0.1) is 0 Å². The quantitative estimate of drug-likeness (QED) is 0.796. The molecule has 4 heterocycles. The van der Waals surface area contributed by atoms with E-state index >= 15 is 0 Å². The topological polar surface area (TPSA) is 36.4 Å². The Morgan fingerprint density at radius 1 is 1.21 bits per heavy atom. The molecule has 5 heteroatoms. The fraction of sp³-hybridized carbons (Fsp3) is 0.474. The number of rotatable bonds is 1. The van der Waals surface area contributed by atoms with E-state index in [1.54, 1.807) is 0 Å². The average molecular weight is 344 g/mol. The van der Waals surface area contributed by atoms with Gasteiger partial charge in [0.15, 0.2) is 0 Å². The van der Waals surface area contributed by atoms with Crippen molar-refractivity contribution in [3.05, 3.63) is 40.5 Å². The van der Waals surface area contributed by atoms with Crippen LogP contribution in [0.3, 0.4) is 0 Å². The predicted molar refractivity (Wildman–Crippen MR) is 96.5 cm³/mol. The molecule has 3 aliphatic rings. The van der Waals surface area contributed by atoms with Crippen molar-refractivity contribution in [1.82, 2.24) is 14.8 Å². The zero-order chi connectivity index (χ0) is 16.8. The summed E-state index contributed by atoms with van der Waals surface area (Å²) < 4.78 is 0. The second kappa shape index (κ2) is 6.01. The van der Waals surface area contributed by atoms with E-state index in [9.17, 15) is 4.79 Å². The van der Waals surface area contributed by atoms with Crippen LogP contribution in [0.5, 0.6) is 0 Å². The van der Waals surface area contributed by atoms with E-state index in [4.69, 9.17) is 11.6 Å². The van der Waals surface area contributed by atoms with Crippen LogP contribution < -0.4 is 0 Å². The lowest BCUT2D eigenvalue weighted by Crippen LogP contribution is -2.47.